The maximum Gasteiger partial charge on any atom is 0.0879 e. The van der Waals surface area contributed by atoms with Crippen molar-refractivity contribution in [3.8, 4) is 0 Å². The van der Waals surface area contributed by atoms with Crippen molar-refractivity contribution >= 4 is 13.3 Å². The molecule has 0 fully saturated rings. The lowest BCUT2D eigenvalue weighted by molar-refractivity contribution is 0.387. The fourth-order valence-electron chi connectivity index (χ4n) is 4.11. The van der Waals surface area contributed by atoms with Gasteiger partial charge in [0.2, 0.25) is 0 Å². The fourth-order valence-corrected chi connectivity index (χ4v) is 8.34. The van der Waals surface area contributed by atoms with Crippen molar-refractivity contribution in [1.29, 1.82) is 0 Å². The summed E-state index contributed by atoms with van der Waals surface area (Å²) in [7, 11) is -1.47. The van der Waals surface area contributed by atoms with Crippen LogP contribution in [0.4, 0.5) is 0 Å². The molecule has 0 radical (unpaired) electrons. The third kappa shape index (κ3) is 3.08. The van der Waals surface area contributed by atoms with Gasteiger partial charge in [-0.1, -0.05) is 88.0 Å². The minimum Gasteiger partial charge on any atom is -0.0848 e. The van der Waals surface area contributed by atoms with Gasteiger partial charge in [0.1, 0.15) is 0 Å². The van der Waals surface area contributed by atoms with Gasteiger partial charge in [-0.25, -0.2) is 0 Å². The molecule has 110 valence electrons. The van der Waals surface area contributed by atoms with Crippen molar-refractivity contribution in [3.05, 3.63) is 42.0 Å². The molecule has 1 aromatic rings. The summed E-state index contributed by atoms with van der Waals surface area (Å²) in [6, 6.07) is 11.2. The van der Waals surface area contributed by atoms with Crippen molar-refractivity contribution in [1.82, 2.24) is 0 Å². The van der Waals surface area contributed by atoms with Crippen LogP contribution in [0.25, 0.3) is 0 Å². The summed E-state index contributed by atoms with van der Waals surface area (Å²) in [5, 5.41) is 1.60. The van der Waals surface area contributed by atoms with Gasteiger partial charge < -0.3 is 0 Å². The maximum atomic E-state index is 2.56. The van der Waals surface area contributed by atoms with Crippen LogP contribution in [-0.4, -0.2) is 8.07 Å². The molecular weight excluding hydrogens is 256 g/mol. The molecule has 1 atom stereocenters. The zero-order valence-electron chi connectivity index (χ0n) is 14.0. The van der Waals surface area contributed by atoms with Gasteiger partial charge in [-0.05, 0) is 29.7 Å². The van der Waals surface area contributed by atoms with Gasteiger partial charge >= 0.3 is 0 Å². The average molecular weight is 287 g/mol. The first-order chi connectivity index (χ1) is 9.24. The molecule has 1 aliphatic rings. The van der Waals surface area contributed by atoms with E-state index in [0.717, 1.165) is 11.5 Å². The molecule has 1 aliphatic carbocycles. The van der Waals surface area contributed by atoms with Crippen LogP contribution in [0.15, 0.2) is 42.0 Å². The Morgan fingerprint density at radius 2 is 1.65 bits per heavy atom. The lowest BCUT2D eigenvalue weighted by Gasteiger charge is -2.38. The number of hydrogen-bond donors (Lipinski definition) is 0. The van der Waals surface area contributed by atoms with Gasteiger partial charge in [0.15, 0.2) is 0 Å². The van der Waals surface area contributed by atoms with Crippen LogP contribution >= 0.6 is 0 Å². The molecule has 0 nitrogen and oxygen atoms in total. The second-order valence-electron chi connectivity index (χ2n) is 8.13. The van der Waals surface area contributed by atoms with Gasteiger partial charge in [-0.15, -0.1) is 0 Å². The molecule has 1 unspecified atom stereocenters. The van der Waals surface area contributed by atoms with Crippen molar-refractivity contribution in [3.63, 3.8) is 0 Å². The zero-order valence-corrected chi connectivity index (χ0v) is 15.0. The second kappa shape index (κ2) is 5.52. The first-order valence-corrected chi connectivity index (χ1v) is 11.1. The normalized spacial score (nSPS) is 20.1. The summed E-state index contributed by atoms with van der Waals surface area (Å²) in [5.74, 6) is 0.733. The minimum absolute atomic E-state index is 0.476. The summed E-state index contributed by atoms with van der Waals surface area (Å²) in [5.41, 5.74) is 2.99. The van der Waals surface area contributed by atoms with Crippen LogP contribution in [-0.2, 0) is 0 Å². The average Bonchev–Trinajstić information content (AvgIpc) is 2.69. The molecule has 2 rings (SSSR count). The first kappa shape index (κ1) is 15.6. The Hall–Kier alpha value is -0.823. The van der Waals surface area contributed by atoms with E-state index in [-0.39, 0.29) is 0 Å². The summed E-state index contributed by atoms with van der Waals surface area (Å²) in [6.07, 6.45) is 5.10. The Morgan fingerprint density at radius 1 is 1.05 bits per heavy atom. The van der Waals surface area contributed by atoms with E-state index in [1.165, 1.54) is 12.8 Å². The van der Waals surface area contributed by atoms with Crippen molar-refractivity contribution < 1.29 is 0 Å². The summed E-state index contributed by atoms with van der Waals surface area (Å²) >= 11 is 0. The van der Waals surface area contributed by atoms with E-state index in [9.17, 15) is 0 Å². The predicted molar refractivity (Wildman–Crippen MR) is 93.2 cm³/mol. The van der Waals surface area contributed by atoms with Crippen LogP contribution in [0.3, 0.4) is 0 Å². The van der Waals surface area contributed by atoms with Crippen molar-refractivity contribution in [2.45, 2.75) is 59.2 Å². The van der Waals surface area contributed by atoms with E-state index in [1.54, 1.807) is 10.8 Å². The van der Waals surface area contributed by atoms with E-state index >= 15 is 0 Å². The highest BCUT2D eigenvalue weighted by Gasteiger charge is 2.40. The van der Waals surface area contributed by atoms with Crippen molar-refractivity contribution in [2.24, 2.45) is 11.3 Å². The topological polar surface area (TPSA) is 0 Å². The summed E-state index contributed by atoms with van der Waals surface area (Å²) in [6.45, 7) is 14.7. The first-order valence-electron chi connectivity index (χ1n) is 7.98. The maximum absolute atomic E-state index is 2.56. The third-order valence-corrected chi connectivity index (χ3v) is 9.37. The Balaban J connectivity index is 2.35. The highest BCUT2D eigenvalue weighted by molar-refractivity contribution is 6.91. The molecule has 1 heteroatoms. The third-order valence-electron chi connectivity index (χ3n) is 4.96. The zero-order chi connectivity index (χ0) is 15.0. The Labute approximate surface area is 126 Å². The molecule has 0 bridgehead atoms. The molecule has 0 spiro atoms. The molecule has 0 N–H and O–H groups in total. The SMILES string of the molecule is CC(C)C(C1=CCC(C)(C)C1)[Si](C)(C)c1ccccc1. The number of rotatable bonds is 4. The van der Waals surface area contributed by atoms with Gasteiger partial charge in [0, 0.05) is 0 Å². The number of benzene rings is 1. The Bertz CT molecular complexity index is 480. The number of hydrogen-bond acceptors (Lipinski definition) is 0. The van der Waals surface area contributed by atoms with Crippen LogP contribution < -0.4 is 5.19 Å². The Kier molecular flexibility index (Phi) is 4.29. The summed E-state index contributed by atoms with van der Waals surface area (Å²) in [4.78, 5) is 0. The quantitative estimate of drug-likeness (QED) is 0.515. The highest BCUT2D eigenvalue weighted by Crippen LogP contribution is 2.47. The van der Waals surface area contributed by atoms with Crippen LogP contribution in [0.5, 0.6) is 0 Å². The van der Waals surface area contributed by atoms with Crippen molar-refractivity contribution in [2.75, 3.05) is 0 Å². The predicted octanol–water partition coefficient (Wildman–Crippen LogP) is 5.37. The molecule has 0 heterocycles. The smallest absolute Gasteiger partial charge is 0.0848 e. The van der Waals surface area contributed by atoms with E-state index < -0.39 is 8.07 Å². The van der Waals surface area contributed by atoms with E-state index in [2.05, 4.69) is 77.2 Å². The van der Waals surface area contributed by atoms with E-state index in [4.69, 9.17) is 0 Å². The molecule has 0 amide bonds. The largest absolute Gasteiger partial charge is 0.0879 e. The van der Waals surface area contributed by atoms with Crippen LogP contribution in [0.1, 0.15) is 40.5 Å². The molecule has 1 aromatic carbocycles. The fraction of sp³-hybridized carbons (Fsp3) is 0.579. The van der Waals surface area contributed by atoms with Crippen LogP contribution in [0, 0.1) is 11.3 Å². The minimum atomic E-state index is -1.47. The number of allylic oxidation sites excluding steroid dienone is 2. The van der Waals surface area contributed by atoms with Gasteiger partial charge in [0.05, 0.1) is 8.07 Å². The monoisotopic (exact) mass is 286 g/mol. The lowest BCUT2D eigenvalue weighted by atomic mass is 9.88. The van der Waals surface area contributed by atoms with Crippen LogP contribution in [0.2, 0.25) is 18.6 Å². The van der Waals surface area contributed by atoms with Gasteiger partial charge in [-0.3, -0.25) is 0 Å². The molecule has 0 saturated heterocycles. The standard InChI is InChI=1S/C19H30Si/c1-15(2)18(16-12-13-19(3,4)14-16)20(5,6)17-10-8-7-9-11-17/h7-12,15,18H,13-14H2,1-6H3. The molecule has 20 heavy (non-hydrogen) atoms. The van der Waals surface area contributed by atoms with Gasteiger partial charge in [-0.2, -0.15) is 0 Å². The molecule has 0 saturated carbocycles. The summed E-state index contributed by atoms with van der Waals surface area (Å²) < 4.78 is 0. The molecule has 0 aliphatic heterocycles. The van der Waals surface area contributed by atoms with Gasteiger partial charge in [0.25, 0.3) is 0 Å². The lowest BCUT2D eigenvalue weighted by Crippen LogP contribution is -2.48. The van der Waals surface area contributed by atoms with E-state index in [0.29, 0.717) is 5.41 Å². The molecule has 0 aromatic heterocycles. The highest BCUT2D eigenvalue weighted by atomic mass is 28.3. The Morgan fingerprint density at radius 3 is 2.10 bits per heavy atom. The molecular formula is C19H30Si. The van der Waals surface area contributed by atoms with E-state index in [1.807, 2.05) is 0 Å². The second-order valence-corrected chi connectivity index (χ2v) is 12.8.